The number of pyridine rings is 1. The number of hydrogen-bond acceptors (Lipinski definition) is 6. The van der Waals surface area contributed by atoms with Crippen LogP contribution in [0.1, 0.15) is 50.0 Å². The molecule has 3 rings (SSSR count). The van der Waals surface area contributed by atoms with Gasteiger partial charge in [0.2, 0.25) is 0 Å². The Bertz CT molecular complexity index is 1200. The predicted molar refractivity (Wildman–Crippen MR) is 122 cm³/mol. The number of H-pyrrole nitrogens is 1. The van der Waals surface area contributed by atoms with Gasteiger partial charge in [0.15, 0.2) is 0 Å². The number of carboxylic acid groups (broad SMARTS) is 1. The normalized spacial score (nSPS) is 17.3. The summed E-state index contributed by atoms with van der Waals surface area (Å²) in [4.78, 5) is 42.8. The molecule has 0 bridgehead atoms. The number of rotatable bonds is 3. The lowest BCUT2D eigenvalue weighted by atomic mass is 10.0. The van der Waals surface area contributed by atoms with Gasteiger partial charge < -0.3 is 29.4 Å². The van der Waals surface area contributed by atoms with Crippen LogP contribution >= 0.6 is 0 Å². The minimum atomic E-state index is -4.76. The third-order valence-corrected chi connectivity index (χ3v) is 5.73. The molecule has 1 aromatic heterocycles. The molecule has 192 valence electrons. The molecule has 1 aliphatic rings. The van der Waals surface area contributed by atoms with Crippen LogP contribution in [0.3, 0.4) is 0 Å². The van der Waals surface area contributed by atoms with Crippen molar-refractivity contribution in [2.45, 2.75) is 51.9 Å². The molecule has 1 atom stereocenters. The van der Waals surface area contributed by atoms with E-state index in [4.69, 9.17) is 9.47 Å². The Morgan fingerprint density at radius 2 is 1.80 bits per heavy atom. The number of ether oxygens (including phenoxy) is 2. The Morgan fingerprint density at radius 3 is 2.34 bits per heavy atom. The third kappa shape index (κ3) is 5.46. The highest BCUT2D eigenvalue weighted by atomic mass is 19.4. The van der Waals surface area contributed by atoms with Gasteiger partial charge in [-0.3, -0.25) is 4.79 Å². The third-order valence-electron chi connectivity index (χ3n) is 5.73. The predicted octanol–water partition coefficient (Wildman–Crippen LogP) is 4.09. The van der Waals surface area contributed by atoms with Gasteiger partial charge in [-0.2, -0.15) is 13.2 Å². The van der Waals surface area contributed by atoms with Crippen LogP contribution in [0, 0.1) is 0 Å². The van der Waals surface area contributed by atoms with Crippen molar-refractivity contribution in [1.82, 2.24) is 9.88 Å². The standard InChI is InChI=1S/C23H28F3N3O6/c1-12-6-7-28(8-9-29(12)21(33)35-22(2,3)4)18-13-10-16(34-5)14(23(24,25)26)11-15(13)27-19(30)17(18)20(31)32/h10-12H,6-9H2,1-5H3,(H,27,30)(H,31,32)/t12-/m0/s1. The van der Waals surface area contributed by atoms with Gasteiger partial charge in [-0.1, -0.05) is 0 Å². The fraction of sp³-hybridized carbons (Fsp3) is 0.522. The van der Waals surface area contributed by atoms with E-state index in [1.165, 1.54) is 4.90 Å². The molecule has 0 unspecified atom stereocenters. The maximum absolute atomic E-state index is 13.5. The molecule has 0 aliphatic carbocycles. The molecule has 2 aromatic rings. The van der Waals surface area contributed by atoms with Gasteiger partial charge in [0, 0.05) is 31.1 Å². The van der Waals surface area contributed by atoms with Crippen LogP contribution < -0.4 is 15.2 Å². The summed E-state index contributed by atoms with van der Waals surface area (Å²) in [5.74, 6) is -2.03. The summed E-state index contributed by atoms with van der Waals surface area (Å²) >= 11 is 0. The van der Waals surface area contributed by atoms with E-state index in [-0.39, 0.29) is 42.3 Å². The van der Waals surface area contributed by atoms with E-state index in [0.717, 1.165) is 19.2 Å². The molecule has 12 heteroatoms. The molecule has 0 saturated carbocycles. The fourth-order valence-corrected chi connectivity index (χ4v) is 4.10. The molecular weight excluding hydrogens is 471 g/mol. The zero-order chi connectivity index (χ0) is 26.3. The first kappa shape index (κ1) is 26.2. The second-order valence-corrected chi connectivity index (χ2v) is 9.38. The smallest absolute Gasteiger partial charge is 0.420 e. The highest BCUT2D eigenvalue weighted by Gasteiger charge is 2.36. The number of alkyl halides is 3. The molecular formula is C23H28F3N3O6. The lowest BCUT2D eigenvalue weighted by Gasteiger charge is -2.30. The summed E-state index contributed by atoms with van der Waals surface area (Å²) in [5.41, 5.74) is -3.64. The first-order chi connectivity index (χ1) is 16.1. The number of aromatic amines is 1. The number of hydrogen-bond donors (Lipinski definition) is 2. The number of nitrogens with zero attached hydrogens (tertiary/aromatic N) is 2. The van der Waals surface area contributed by atoms with Gasteiger partial charge >= 0.3 is 18.2 Å². The van der Waals surface area contributed by atoms with Gasteiger partial charge in [-0.15, -0.1) is 0 Å². The van der Waals surface area contributed by atoms with E-state index in [1.54, 1.807) is 25.7 Å². The number of nitrogens with one attached hydrogen (secondary N) is 1. The van der Waals surface area contributed by atoms with Crippen LogP contribution in [0.2, 0.25) is 0 Å². The van der Waals surface area contributed by atoms with E-state index < -0.39 is 46.3 Å². The fourth-order valence-electron chi connectivity index (χ4n) is 4.10. The Morgan fingerprint density at radius 1 is 1.14 bits per heavy atom. The number of aromatic nitrogens is 1. The Labute approximate surface area is 199 Å². The molecule has 2 heterocycles. The second kappa shape index (κ2) is 9.31. The van der Waals surface area contributed by atoms with E-state index >= 15 is 0 Å². The number of anilines is 1. The number of benzene rings is 1. The molecule has 1 aliphatic heterocycles. The van der Waals surface area contributed by atoms with Crippen molar-refractivity contribution in [3.8, 4) is 5.75 Å². The molecule has 1 aromatic carbocycles. The van der Waals surface area contributed by atoms with Crippen molar-refractivity contribution in [1.29, 1.82) is 0 Å². The molecule has 9 nitrogen and oxygen atoms in total. The molecule has 1 fully saturated rings. The van der Waals surface area contributed by atoms with Crippen molar-refractivity contribution in [2.24, 2.45) is 0 Å². The maximum Gasteiger partial charge on any atom is 0.420 e. The molecule has 0 radical (unpaired) electrons. The van der Waals surface area contributed by atoms with Crippen molar-refractivity contribution in [3.63, 3.8) is 0 Å². The van der Waals surface area contributed by atoms with Crippen molar-refractivity contribution >= 4 is 28.7 Å². The topological polar surface area (TPSA) is 112 Å². The van der Waals surface area contributed by atoms with E-state index in [9.17, 15) is 32.7 Å². The Hall–Kier alpha value is -3.44. The average Bonchev–Trinajstić information content (AvgIpc) is 2.91. The van der Waals surface area contributed by atoms with Gasteiger partial charge in [-0.05, 0) is 46.2 Å². The molecule has 2 N–H and O–H groups in total. The van der Waals surface area contributed by atoms with Gasteiger partial charge in [0.1, 0.15) is 16.9 Å². The van der Waals surface area contributed by atoms with Gasteiger partial charge in [0.25, 0.3) is 5.56 Å². The average molecular weight is 499 g/mol. The lowest BCUT2D eigenvalue weighted by molar-refractivity contribution is -0.138. The van der Waals surface area contributed by atoms with E-state index in [0.29, 0.717) is 6.42 Å². The summed E-state index contributed by atoms with van der Waals surface area (Å²) in [5, 5.41) is 9.88. The van der Waals surface area contributed by atoms with Gasteiger partial charge in [0.05, 0.1) is 23.9 Å². The van der Waals surface area contributed by atoms with Crippen LogP contribution in [-0.2, 0) is 10.9 Å². The first-order valence-corrected chi connectivity index (χ1v) is 11.0. The summed E-state index contributed by atoms with van der Waals surface area (Å²) in [6.45, 7) is 7.58. The monoisotopic (exact) mass is 499 g/mol. The first-order valence-electron chi connectivity index (χ1n) is 11.0. The molecule has 0 spiro atoms. The minimum absolute atomic E-state index is 0.0264. The number of halogens is 3. The van der Waals surface area contributed by atoms with E-state index in [2.05, 4.69) is 4.98 Å². The summed E-state index contributed by atoms with van der Waals surface area (Å²) in [7, 11) is 1.08. The van der Waals surface area contributed by atoms with Crippen molar-refractivity contribution < 1.29 is 37.3 Å². The molecule has 35 heavy (non-hydrogen) atoms. The minimum Gasteiger partial charge on any atom is -0.496 e. The summed E-state index contributed by atoms with van der Waals surface area (Å²) < 4.78 is 51.0. The Kier molecular flexibility index (Phi) is 6.96. The van der Waals surface area contributed by atoms with Crippen molar-refractivity contribution in [3.05, 3.63) is 33.6 Å². The largest absolute Gasteiger partial charge is 0.496 e. The van der Waals surface area contributed by atoms with Gasteiger partial charge in [-0.25, -0.2) is 9.59 Å². The van der Waals surface area contributed by atoms with Crippen LogP contribution in [0.5, 0.6) is 5.75 Å². The van der Waals surface area contributed by atoms with Crippen LogP contribution in [-0.4, -0.2) is 65.4 Å². The second-order valence-electron chi connectivity index (χ2n) is 9.38. The number of carbonyl (C=O) groups is 2. The Balaban J connectivity index is 2.15. The zero-order valence-electron chi connectivity index (χ0n) is 20.1. The number of methoxy groups -OCH3 is 1. The van der Waals surface area contributed by atoms with Crippen molar-refractivity contribution in [2.75, 3.05) is 31.6 Å². The molecule has 1 saturated heterocycles. The number of aromatic carboxylic acids is 1. The summed E-state index contributed by atoms with van der Waals surface area (Å²) in [6, 6.07) is 1.55. The number of carboxylic acids is 1. The highest BCUT2D eigenvalue weighted by molar-refractivity contribution is 6.05. The van der Waals surface area contributed by atoms with Crippen LogP contribution in [0.15, 0.2) is 16.9 Å². The van der Waals surface area contributed by atoms with Crippen LogP contribution in [0.4, 0.5) is 23.7 Å². The van der Waals surface area contributed by atoms with E-state index in [1.807, 2.05) is 6.92 Å². The number of fused-ring (bicyclic) bond motifs is 1. The highest BCUT2D eigenvalue weighted by Crippen LogP contribution is 2.41. The lowest BCUT2D eigenvalue weighted by Crippen LogP contribution is -2.43. The SMILES string of the molecule is COc1cc2c(N3CC[C@H](C)N(C(=O)OC(C)(C)C)CC3)c(C(=O)O)c(=O)[nH]c2cc1C(F)(F)F. The number of carbonyl (C=O) groups excluding carboxylic acids is 1. The maximum atomic E-state index is 13.5. The molecule has 1 amide bonds. The number of amides is 1. The summed E-state index contributed by atoms with van der Waals surface area (Å²) in [6.07, 6.45) is -4.88. The quantitative estimate of drug-likeness (QED) is 0.654. The zero-order valence-corrected chi connectivity index (χ0v) is 20.1. The van der Waals surface area contributed by atoms with Crippen LogP contribution in [0.25, 0.3) is 10.9 Å².